The number of carboxylic acids is 3. The second-order valence-corrected chi connectivity index (χ2v) is 5.62. The van der Waals surface area contributed by atoms with Crippen molar-refractivity contribution in [1.82, 2.24) is 0 Å². The van der Waals surface area contributed by atoms with Gasteiger partial charge in [-0.15, -0.1) is 0 Å². The third-order valence-electron chi connectivity index (χ3n) is 3.59. The molecule has 24 heavy (non-hydrogen) atoms. The zero-order valence-corrected chi connectivity index (χ0v) is 13.4. The number of ether oxygens (including phenoxy) is 3. The molecule has 138 valence electrons. The molecule has 0 unspecified atom stereocenters. The van der Waals surface area contributed by atoms with E-state index in [1.807, 2.05) is 0 Å². The maximum atomic E-state index is 10.5. The van der Waals surface area contributed by atoms with Crippen molar-refractivity contribution in [2.45, 2.75) is 56.8 Å². The van der Waals surface area contributed by atoms with Crippen LogP contribution in [0.1, 0.15) is 38.5 Å². The lowest BCUT2D eigenvalue weighted by molar-refractivity contribution is -0.141. The molecular weight excluding hydrogens is 324 g/mol. The SMILES string of the molecule is O=C(O)CCOC1CC(OCCC(=O)O)CC(OCCC(=O)O)C1. The Kier molecular flexibility index (Phi) is 9.28. The van der Waals surface area contributed by atoms with Gasteiger partial charge in [0.2, 0.25) is 0 Å². The fraction of sp³-hybridized carbons (Fsp3) is 0.800. The molecule has 0 aromatic rings. The van der Waals surface area contributed by atoms with Crippen molar-refractivity contribution in [3.05, 3.63) is 0 Å². The normalized spacial score (nSPS) is 23.8. The van der Waals surface area contributed by atoms with E-state index in [-0.39, 0.29) is 57.4 Å². The molecule has 0 heterocycles. The third kappa shape index (κ3) is 9.43. The average Bonchev–Trinajstić information content (AvgIpc) is 2.46. The molecule has 1 rings (SSSR count). The van der Waals surface area contributed by atoms with Crippen LogP contribution >= 0.6 is 0 Å². The Balaban J connectivity index is 2.45. The van der Waals surface area contributed by atoms with E-state index in [0.29, 0.717) is 19.3 Å². The Labute approximate surface area is 139 Å². The molecule has 3 N–H and O–H groups in total. The first-order valence-corrected chi connectivity index (χ1v) is 7.87. The standard InChI is InChI=1S/C15H24O9/c16-13(17)1-4-22-10-7-11(23-5-2-14(18)19)9-12(8-10)24-6-3-15(20)21/h10-12H,1-9H2,(H,16,17)(H,18,19)(H,20,21). The van der Waals surface area contributed by atoms with Crippen LogP contribution in [0.15, 0.2) is 0 Å². The Morgan fingerprint density at radius 2 is 0.875 bits per heavy atom. The minimum Gasteiger partial charge on any atom is -0.481 e. The molecule has 0 spiro atoms. The zero-order chi connectivity index (χ0) is 17.9. The van der Waals surface area contributed by atoms with Crippen LogP contribution < -0.4 is 0 Å². The van der Waals surface area contributed by atoms with Crippen molar-refractivity contribution < 1.29 is 43.9 Å². The topological polar surface area (TPSA) is 140 Å². The van der Waals surface area contributed by atoms with Crippen molar-refractivity contribution in [3.8, 4) is 0 Å². The Morgan fingerprint density at radius 1 is 0.625 bits per heavy atom. The average molecular weight is 348 g/mol. The van der Waals surface area contributed by atoms with E-state index in [2.05, 4.69) is 0 Å². The van der Waals surface area contributed by atoms with E-state index in [9.17, 15) is 14.4 Å². The van der Waals surface area contributed by atoms with E-state index >= 15 is 0 Å². The molecule has 0 atom stereocenters. The first-order valence-electron chi connectivity index (χ1n) is 7.87. The van der Waals surface area contributed by atoms with Gasteiger partial charge in [0, 0.05) is 0 Å². The summed E-state index contributed by atoms with van der Waals surface area (Å²) in [6.45, 7) is 0.219. The highest BCUT2D eigenvalue weighted by molar-refractivity contribution is 5.67. The summed E-state index contributed by atoms with van der Waals surface area (Å²) in [5, 5.41) is 25.9. The molecule has 0 aromatic heterocycles. The molecule has 0 bridgehead atoms. The molecule has 0 amide bonds. The van der Waals surface area contributed by atoms with Crippen LogP contribution in [0.5, 0.6) is 0 Å². The summed E-state index contributed by atoms with van der Waals surface area (Å²) < 4.78 is 16.6. The molecule has 0 aliphatic heterocycles. The van der Waals surface area contributed by atoms with E-state index in [4.69, 9.17) is 29.5 Å². The van der Waals surface area contributed by atoms with Crippen LogP contribution in [0.3, 0.4) is 0 Å². The minimum absolute atomic E-state index is 0.0731. The number of carbonyl (C=O) groups is 3. The number of carboxylic acid groups (broad SMARTS) is 3. The monoisotopic (exact) mass is 348 g/mol. The molecular formula is C15H24O9. The summed E-state index contributed by atoms with van der Waals surface area (Å²) >= 11 is 0. The summed E-state index contributed by atoms with van der Waals surface area (Å²) in [4.78, 5) is 31.6. The number of aliphatic carboxylic acids is 3. The molecule has 9 heteroatoms. The summed E-state index contributed by atoms with van der Waals surface area (Å²) in [6.07, 6.45) is 0.477. The largest absolute Gasteiger partial charge is 0.481 e. The fourth-order valence-electron chi connectivity index (χ4n) is 2.52. The number of rotatable bonds is 12. The van der Waals surface area contributed by atoms with Gasteiger partial charge >= 0.3 is 17.9 Å². The lowest BCUT2D eigenvalue weighted by Crippen LogP contribution is -2.38. The zero-order valence-electron chi connectivity index (χ0n) is 13.4. The van der Waals surface area contributed by atoms with Gasteiger partial charge in [-0.3, -0.25) is 14.4 Å². The lowest BCUT2D eigenvalue weighted by atomic mass is 9.92. The van der Waals surface area contributed by atoms with Crippen molar-refractivity contribution >= 4 is 17.9 Å². The first kappa shape index (κ1) is 20.3. The second-order valence-electron chi connectivity index (χ2n) is 5.62. The first-order chi connectivity index (χ1) is 11.4. The Bertz CT molecular complexity index is 355. The predicted octanol–water partition coefficient (Wildman–Crippen LogP) is 0.750. The van der Waals surface area contributed by atoms with E-state index < -0.39 is 17.9 Å². The lowest BCUT2D eigenvalue weighted by Gasteiger charge is -2.34. The Hall–Kier alpha value is -1.71. The van der Waals surface area contributed by atoms with Gasteiger partial charge in [-0.1, -0.05) is 0 Å². The molecule has 1 fully saturated rings. The van der Waals surface area contributed by atoms with Crippen LogP contribution in [0.2, 0.25) is 0 Å². The van der Waals surface area contributed by atoms with Gasteiger partial charge in [-0.2, -0.15) is 0 Å². The molecule has 1 aliphatic rings. The van der Waals surface area contributed by atoms with Gasteiger partial charge in [0.05, 0.1) is 57.4 Å². The van der Waals surface area contributed by atoms with E-state index in [1.54, 1.807) is 0 Å². The number of hydrogen-bond acceptors (Lipinski definition) is 6. The highest BCUT2D eigenvalue weighted by Gasteiger charge is 2.31. The van der Waals surface area contributed by atoms with Gasteiger partial charge in [0.15, 0.2) is 0 Å². The quantitative estimate of drug-likeness (QED) is 0.466. The molecule has 1 saturated carbocycles. The summed E-state index contributed by atoms with van der Waals surface area (Å²) in [5.41, 5.74) is 0. The third-order valence-corrected chi connectivity index (χ3v) is 3.59. The molecule has 1 aliphatic carbocycles. The maximum absolute atomic E-state index is 10.5. The second kappa shape index (κ2) is 11.0. The van der Waals surface area contributed by atoms with Crippen LogP contribution in [0.4, 0.5) is 0 Å². The van der Waals surface area contributed by atoms with Crippen molar-refractivity contribution in [2.75, 3.05) is 19.8 Å². The van der Waals surface area contributed by atoms with Crippen LogP contribution in [-0.4, -0.2) is 71.4 Å². The van der Waals surface area contributed by atoms with Crippen molar-refractivity contribution in [1.29, 1.82) is 0 Å². The van der Waals surface area contributed by atoms with Crippen LogP contribution in [-0.2, 0) is 28.6 Å². The highest BCUT2D eigenvalue weighted by atomic mass is 16.5. The summed E-state index contributed by atoms with van der Waals surface area (Å²) in [6, 6.07) is 0. The van der Waals surface area contributed by atoms with Crippen molar-refractivity contribution in [3.63, 3.8) is 0 Å². The smallest absolute Gasteiger partial charge is 0.305 e. The molecule has 9 nitrogen and oxygen atoms in total. The van der Waals surface area contributed by atoms with Crippen LogP contribution in [0.25, 0.3) is 0 Å². The molecule has 0 radical (unpaired) electrons. The van der Waals surface area contributed by atoms with E-state index in [1.165, 1.54) is 0 Å². The minimum atomic E-state index is -0.950. The van der Waals surface area contributed by atoms with Crippen LogP contribution in [0, 0.1) is 0 Å². The van der Waals surface area contributed by atoms with Gasteiger partial charge in [0.1, 0.15) is 0 Å². The van der Waals surface area contributed by atoms with Gasteiger partial charge in [-0.25, -0.2) is 0 Å². The molecule has 0 saturated heterocycles. The fourth-order valence-corrected chi connectivity index (χ4v) is 2.52. The van der Waals surface area contributed by atoms with Gasteiger partial charge in [-0.05, 0) is 19.3 Å². The Morgan fingerprint density at radius 3 is 1.08 bits per heavy atom. The van der Waals surface area contributed by atoms with E-state index in [0.717, 1.165) is 0 Å². The van der Waals surface area contributed by atoms with Gasteiger partial charge in [0.25, 0.3) is 0 Å². The highest BCUT2D eigenvalue weighted by Crippen LogP contribution is 2.26. The number of hydrogen-bond donors (Lipinski definition) is 3. The van der Waals surface area contributed by atoms with Crippen molar-refractivity contribution in [2.24, 2.45) is 0 Å². The predicted molar refractivity (Wildman–Crippen MR) is 79.8 cm³/mol. The summed E-state index contributed by atoms with van der Waals surface area (Å²) in [5.74, 6) is -2.85. The van der Waals surface area contributed by atoms with Gasteiger partial charge < -0.3 is 29.5 Å². The maximum Gasteiger partial charge on any atom is 0.305 e. The summed E-state index contributed by atoms with van der Waals surface area (Å²) in [7, 11) is 0. The molecule has 0 aromatic carbocycles.